The Hall–Kier alpha value is -1.51. The molecule has 0 unspecified atom stereocenters. The molecule has 3 heteroatoms. The van der Waals surface area contributed by atoms with Crippen LogP contribution in [0.5, 0.6) is 11.5 Å². The summed E-state index contributed by atoms with van der Waals surface area (Å²) < 4.78 is 10.9. The number of ether oxygens (including phenoxy) is 2. The molecule has 0 N–H and O–H groups in total. The Bertz CT molecular complexity index is 630. The van der Waals surface area contributed by atoms with Gasteiger partial charge in [-0.15, -0.1) is 0 Å². The lowest BCUT2D eigenvalue weighted by atomic mass is 9.47. The quantitative estimate of drug-likeness (QED) is 0.766. The highest BCUT2D eigenvalue weighted by atomic mass is 16.5. The SMILES string of the molecule is COc1cc(C[C@]2(C)[C@@H](C)CC[C@]3(C)C(=O)CCC[C@@H]23)cc(OC)c1. The fraction of sp³-hybridized carbons (Fsp3) is 0.682. The van der Waals surface area contributed by atoms with Crippen molar-refractivity contribution in [1.29, 1.82) is 0 Å². The molecular formula is C22H32O3. The van der Waals surface area contributed by atoms with Crippen LogP contribution in [0.2, 0.25) is 0 Å². The van der Waals surface area contributed by atoms with Gasteiger partial charge >= 0.3 is 0 Å². The molecule has 0 saturated heterocycles. The molecule has 2 fully saturated rings. The summed E-state index contributed by atoms with van der Waals surface area (Å²) in [6.07, 6.45) is 6.14. The summed E-state index contributed by atoms with van der Waals surface area (Å²) in [5.74, 6) is 3.23. The molecule has 1 aromatic rings. The first kappa shape index (κ1) is 18.3. The van der Waals surface area contributed by atoms with Gasteiger partial charge in [-0.05, 0) is 67.1 Å². The van der Waals surface area contributed by atoms with Crippen molar-refractivity contribution in [3.63, 3.8) is 0 Å². The average molecular weight is 344 g/mol. The number of fused-ring (bicyclic) bond motifs is 1. The van der Waals surface area contributed by atoms with Crippen LogP contribution in [-0.2, 0) is 11.2 Å². The van der Waals surface area contributed by atoms with Crippen molar-refractivity contribution < 1.29 is 14.3 Å². The highest BCUT2D eigenvalue weighted by Crippen LogP contribution is 2.59. The number of hydrogen-bond donors (Lipinski definition) is 0. The second-order valence-corrected chi connectivity index (χ2v) is 8.63. The third-order valence-corrected chi connectivity index (χ3v) is 7.32. The van der Waals surface area contributed by atoms with Crippen molar-refractivity contribution in [1.82, 2.24) is 0 Å². The van der Waals surface area contributed by atoms with Crippen molar-refractivity contribution in [3.05, 3.63) is 23.8 Å². The van der Waals surface area contributed by atoms with E-state index in [9.17, 15) is 4.79 Å². The van der Waals surface area contributed by atoms with Crippen LogP contribution in [0.25, 0.3) is 0 Å². The van der Waals surface area contributed by atoms with Crippen LogP contribution >= 0.6 is 0 Å². The lowest BCUT2D eigenvalue weighted by Gasteiger charge is -2.57. The molecule has 2 aliphatic rings. The van der Waals surface area contributed by atoms with Crippen LogP contribution < -0.4 is 9.47 Å². The molecule has 0 bridgehead atoms. The third-order valence-electron chi connectivity index (χ3n) is 7.32. The van der Waals surface area contributed by atoms with E-state index in [2.05, 4.69) is 32.9 Å². The molecule has 0 aliphatic heterocycles. The summed E-state index contributed by atoms with van der Waals surface area (Å²) in [5.41, 5.74) is 1.23. The Morgan fingerprint density at radius 1 is 1.08 bits per heavy atom. The van der Waals surface area contributed by atoms with Crippen LogP contribution in [-0.4, -0.2) is 20.0 Å². The Kier molecular flexibility index (Phi) is 4.87. The highest BCUT2D eigenvalue weighted by molar-refractivity contribution is 5.85. The molecule has 4 atom stereocenters. The van der Waals surface area contributed by atoms with E-state index < -0.39 is 0 Å². The van der Waals surface area contributed by atoms with Gasteiger partial charge < -0.3 is 9.47 Å². The van der Waals surface area contributed by atoms with Gasteiger partial charge in [0.15, 0.2) is 0 Å². The van der Waals surface area contributed by atoms with E-state index in [1.807, 2.05) is 6.07 Å². The predicted molar refractivity (Wildman–Crippen MR) is 100 cm³/mol. The zero-order chi connectivity index (χ0) is 18.2. The van der Waals surface area contributed by atoms with E-state index in [1.54, 1.807) is 14.2 Å². The lowest BCUT2D eigenvalue weighted by molar-refractivity contribution is -0.148. The fourth-order valence-electron chi connectivity index (χ4n) is 5.53. The first-order valence-electron chi connectivity index (χ1n) is 9.59. The van der Waals surface area contributed by atoms with Gasteiger partial charge in [-0.2, -0.15) is 0 Å². The normalized spacial score (nSPS) is 35.2. The maximum absolute atomic E-state index is 12.8. The summed E-state index contributed by atoms with van der Waals surface area (Å²) in [6.45, 7) is 7.01. The molecule has 0 aromatic heterocycles. The lowest BCUT2D eigenvalue weighted by Crippen LogP contribution is -2.54. The molecule has 3 nitrogen and oxygen atoms in total. The van der Waals surface area contributed by atoms with E-state index in [0.717, 1.165) is 43.6 Å². The Morgan fingerprint density at radius 2 is 1.72 bits per heavy atom. The van der Waals surface area contributed by atoms with Crippen LogP contribution in [0.3, 0.4) is 0 Å². The molecule has 0 radical (unpaired) electrons. The van der Waals surface area contributed by atoms with Gasteiger partial charge in [-0.1, -0.05) is 20.8 Å². The fourth-order valence-corrected chi connectivity index (χ4v) is 5.53. The predicted octanol–water partition coefficient (Wildman–Crippen LogP) is 5.06. The van der Waals surface area contributed by atoms with Crippen LogP contribution in [0.15, 0.2) is 18.2 Å². The summed E-state index contributed by atoms with van der Waals surface area (Å²) in [7, 11) is 3.39. The smallest absolute Gasteiger partial charge is 0.139 e. The maximum atomic E-state index is 12.8. The number of methoxy groups -OCH3 is 2. The number of rotatable bonds is 4. The molecule has 138 valence electrons. The number of benzene rings is 1. The van der Waals surface area contributed by atoms with E-state index >= 15 is 0 Å². The zero-order valence-corrected chi connectivity index (χ0v) is 16.4. The largest absolute Gasteiger partial charge is 0.497 e. The molecule has 2 aliphatic carbocycles. The minimum atomic E-state index is -0.136. The minimum Gasteiger partial charge on any atom is -0.497 e. The topological polar surface area (TPSA) is 35.5 Å². The van der Waals surface area contributed by atoms with Gasteiger partial charge in [-0.3, -0.25) is 4.79 Å². The highest BCUT2D eigenvalue weighted by Gasteiger charge is 2.55. The molecule has 3 rings (SSSR count). The van der Waals surface area contributed by atoms with Gasteiger partial charge in [0.05, 0.1) is 14.2 Å². The van der Waals surface area contributed by atoms with Crippen molar-refractivity contribution in [2.45, 2.75) is 59.3 Å². The third kappa shape index (κ3) is 3.07. The summed E-state index contributed by atoms with van der Waals surface area (Å²) >= 11 is 0. The second-order valence-electron chi connectivity index (χ2n) is 8.63. The van der Waals surface area contributed by atoms with Crippen LogP contribution in [0, 0.1) is 22.7 Å². The van der Waals surface area contributed by atoms with Gasteiger partial charge in [-0.25, -0.2) is 0 Å². The number of carbonyl (C=O) groups is 1. The zero-order valence-electron chi connectivity index (χ0n) is 16.4. The maximum Gasteiger partial charge on any atom is 0.139 e. The first-order chi connectivity index (χ1) is 11.8. The molecule has 0 amide bonds. The first-order valence-corrected chi connectivity index (χ1v) is 9.59. The van der Waals surface area contributed by atoms with Crippen molar-refractivity contribution in [3.8, 4) is 11.5 Å². The Labute approximate surface area is 152 Å². The van der Waals surface area contributed by atoms with Crippen LogP contribution in [0.1, 0.15) is 58.4 Å². The Morgan fingerprint density at radius 3 is 2.32 bits per heavy atom. The summed E-state index contributed by atoms with van der Waals surface area (Å²) in [6, 6.07) is 6.17. The minimum absolute atomic E-state index is 0.125. The number of ketones is 1. The van der Waals surface area contributed by atoms with Gasteiger partial charge in [0.1, 0.15) is 17.3 Å². The number of Topliss-reactive ketones (excluding diaryl/α,β-unsaturated/α-hetero) is 1. The number of hydrogen-bond acceptors (Lipinski definition) is 3. The van der Waals surface area contributed by atoms with E-state index in [0.29, 0.717) is 17.6 Å². The average Bonchev–Trinajstić information content (AvgIpc) is 2.60. The van der Waals surface area contributed by atoms with Gasteiger partial charge in [0.25, 0.3) is 0 Å². The van der Waals surface area contributed by atoms with Crippen molar-refractivity contribution in [2.75, 3.05) is 14.2 Å². The number of carbonyl (C=O) groups excluding carboxylic acids is 1. The second kappa shape index (κ2) is 6.66. The van der Waals surface area contributed by atoms with Gasteiger partial charge in [0, 0.05) is 17.9 Å². The molecule has 1 aromatic carbocycles. The van der Waals surface area contributed by atoms with Gasteiger partial charge in [0.2, 0.25) is 0 Å². The molecule has 0 spiro atoms. The molecule has 2 saturated carbocycles. The molecule has 0 heterocycles. The van der Waals surface area contributed by atoms with E-state index in [-0.39, 0.29) is 10.8 Å². The summed E-state index contributed by atoms with van der Waals surface area (Å²) in [5, 5.41) is 0. The molecular weight excluding hydrogens is 312 g/mol. The molecule has 25 heavy (non-hydrogen) atoms. The Balaban J connectivity index is 1.97. The van der Waals surface area contributed by atoms with Crippen LogP contribution in [0.4, 0.5) is 0 Å². The van der Waals surface area contributed by atoms with E-state index in [4.69, 9.17) is 9.47 Å². The van der Waals surface area contributed by atoms with E-state index in [1.165, 1.54) is 12.0 Å². The summed E-state index contributed by atoms with van der Waals surface area (Å²) in [4.78, 5) is 12.8. The standard InChI is InChI=1S/C22H32O3/c1-15-9-10-21(2)19(7-6-8-20(21)23)22(15,3)14-16-11-17(24-4)13-18(12-16)25-5/h11-13,15,19H,6-10,14H2,1-5H3/t15-,19+,21-,22+/m0/s1. The van der Waals surface area contributed by atoms with Crippen molar-refractivity contribution in [2.24, 2.45) is 22.7 Å². The monoisotopic (exact) mass is 344 g/mol. The van der Waals surface area contributed by atoms with Crippen molar-refractivity contribution >= 4 is 5.78 Å².